The van der Waals surface area contributed by atoms with Gasteiger partial charge in [-0.25, -0.2) is 0 Å². The molecule has 1 aromatic carbocycles. The van der Waals surface area contributed by atoms with Crippen LogP contribution in [0.3, 0.4) is 0 Å². The second-order valence-electron chi connectivity index (χ2n) is 4.02. The lowest BCUT2D eigenvalue weighted by molar-refractivity contribution is -0.113. The predicted octanol–water partition coefficient (Wildman–Crippen LogP) is 1.43. The predicted molar refractivity (Wildman–Crippen MR) is 86.0 cm³/mol. The van der Waals surface area contributed by atoms with Crippen LogP contribution in [0.5, 0.6) is 5.75 Å². The number of hydrogen-bond donors (Lipinski definition) is 3. The maximum atomic E-state index is 11.9. The van der Waals surface area contributed by atoms with Crippen LogP contribution in [0.4, 0.5) is 17.6 Å². The minimum Gasteiger partial charge on any atom is -0.495 e. The smallest absolute Gasteiger partial charge is 0.234 e. The summed E-state index contributed by atoms with van der Waals surface area (Å²) < 4.78 is 5.04. The van der Waals surface area contributed by atoms with Crippen LogP contribution in [0.15, 0.2) is 23.4 Å². The van der Waals surface area contributed by atoms with Crippen LogP contribution in [0.25, 0.3) is 0 Å². The van der Waals surface area contributed by atoms with Crippen LogP contribution in [0.1, 0.15) is 0 Å². The number of hydrogen-bond acceptors (Lipinski definition) is 8. The molecule has 0 fully saturated rings. The molecule has 0 bridgehead atoms. The van der Waals surface area contributed by atoms with Gasteiger partial charge >= 0.3 is 0 Å². The van der Waals surface area contributed by atoms with Gasteiger partial charge in [-0.2, -0.15) is 15.0 Å². The number of amides is 1. The average molecular weight is 341 g/mol. The first-order valence-electron chi connectivity index (χ1n) is 6.01. The second-order valence-corrected chi connectivity index (χ2v) is 5.37. The highest BCUT2D eigenvalue weighted by Crippen LogP contribution is 2.27. The Bertz CT molecular complexity index is 679. The number of nitrogens with one attached hydrogen (secondary N) is 1. The zero-order valence-corrected chi connectivity index (χ0v) is 13.1. The van der Waals surface area contributed by atoms with Gasteiger partial charge in [-0.05, 0) is 18.2 Å². The summed E-state index contributed by atoms with van der Waals surface area (Å²) in [7, 11) is 1.52. The highest BCUT2D eigenvalue weighted by atomic mass is 35.5. The van der Waals surface area contributed by atoms with Crippen LogP contribution in [0.2, 0.25) is 5.02 Å². The Hall–Kier alpha value is -2.26. The Morgan fingerprint density at radius 3 is 2.59 bits per heavy atom. The Morgan fingerprint density at radius 2 is 2.00 bits per heavy atom. The lowest BCUT2D eigenvalue weighted by Crippen LogP contribution is -2.14. The highest BCUT2D eigenvalue weighted by Gasteiger charge is 2.09. The molecule has 2 rings (SSSR count). The van der Waals surface area contributed by atoms with Crippen molar-refractivity contribution in [2.75, 3.05) is 29.6 Å². The number of carbonyl (C=O) groups is 1. The molecule has 1 heterocycles. The topological polar surface area (TPSA) is 129 Å². The van der Waals surface area contributed by atoms with E-state index in [-0.39, 0.29) is 28.7 Å². The van der Waals surface area contributed by atoms with Gasteiger partial charge in [0.1, 0.15) is 5.75 Å². The van der Waals surface area contributed by atoms with E-state index in [1.165, 1.54) is 7.11 Å². The minimum absolute atomic E-state index is 0.0114. The average Bonchev–Trinajstić information content (AvgIpc) is 2.44. The van der Waals surface area contributed by atoms with Gasteiger partial charge in [-0.1, -0.05) is 23.4 Å². The van der Waals surface area contributed by atoms with Crippen molar-refractivity contribution in [3.8, 4) is 5.75 Å². The molecule has 0 aliphatic rings. The molecule has 1 aromatic heterocycles. The Balaban J connectivity index is 1.94. The molecule has 0 aliphatic carbocycles. The van der Waals surface area contributed by atoms with Gasteiger partial charge in [0.15, 0.2) is 5.16 Å². The number of rotatable bonds is 5. The van der Waals surface area contributed by atoms with Crippen molar-refractivity contribution in [2.24, 2.45) is 0 Å². The Morgan fingerprint density at radius 1 is 1.32 bits per heavy atom. The molecular weight excluding hydrogens is 328 g/mol. The number of ether oxygens (including phenoxy) is 1. The summed E-state index contributed by atoms with van der Waals surface area (Å²) in [5.74, 6) is 0.399. The summed E-state index contributed by atoms with van der Waals surface area (Å²) >= 11 is 7.08. The number of anilines is 3. The van der Waals surface area contributed by atoms with E-state index < -0.39 is 0 Å². The van der Waals surface area contributed by atoms with Crippen molar-refractivity contribution in [1.82, 2.24) is 15.0 Å². The molecule has 5 N–H and O–H groups in total. The molecular formula is C12H13ClN6O2S. The van der Waals surface area contributed by atoms with Crippen LogP contribution in [0, 0.1) is 0 Å². The summed E-state index contributed by atoms with van der Waals surface area (Å²) in [4.78, 5) is 23.3. The van der Waals surface area contributed by atoms with E-state index in [2.05, 4.69) is 20.3 Å². The van der Waals surface area contributed by atoms with Crippen LogP contribution in [-0.2, 0) is 4.79 Å². The molecule has 0 radical (unpaired) electrons. The monoisotopic (exact) mass is 340 g/mol. The quantitative estimate of drug-likeness (QED) is 0.697. The number of aromatic nitrogens is 3. The highest BCUT2D eigenvalue weighted by molar-refractivity contribution is 7.99. The molecule has 116 valence electrons. The number of nitrogens with two attached hydrogens (primary N) is 2. The zero-order chi connectivity index (χ0) is 16.1. The third-order valence-corrected chi connectivity index (χ3v) is 3.56. The van der Waals surface area contributed by atoms with Gasteiger partial charge in [-0.15, -0.1) is 0 Å². The number of carbonyl (C=O) groups excluding carboxylic acids is 1. The molecule has 0 spiro atoms. The van der Waals surface area contributed by atoms with E-state index in [1.54, 1.807) is 18.2 Å². The molecule has 1 amide bonds. The number of nitrogen functional groups attached to an aromatic ring is 2. The zero-order valence-electron chi connectivity index (χ0n) is 11.5. The van der Waals surface area contributed by atoms with E-state index in [0.717, 1.165) is 11.8 Å². The largest absolute Gasteiger partial charge is 0.495 e. The number of benzene rings is 1. The molecule has 0 saturated heterocycles. The van der Waals surface area contributed by atoms with E-state index in [9.17, 15) is 4.79 Å². The Labute approximate surface area is 135 Å². The first kappa shape index (κ1) is 16.1. The van der Waals surface area contributed by atoms with Crippen LogP contribution in [-0.4, -0.2) is 33.7 Å². The molecule has 10 heteroatoms. The Kier molecular flexibility index (Phi) is 5.23. The van der Waals surface area contributed by atoms with Gasteiger partial charge in [0, 0.05) is 5.69 Å². The fourth-order valence-corrected chi connectivity index (χ4v) is 2.43. The van der Waals surface area contributed by atoms with E-state index >= 15 is 0 Å². The van der Waals surface area contributed by atoms with Crippen molar-refractivity contribution < 1.29 is 9.53 Å². The number of methoxy groups -OCH3 is 1. The van der Waals surface area contributed by atoms with E-state index in [0.29, 0.717) is 16.5 Å². The summed E-state index contributed by atoms with van der Waals surface area (Å²) in [6.07, 6.45) is 0. The summed E-state index contributed by atoms with van der Waals surface area (Å²) in [5.41, 5.74) is 11.5. The van der Waals surface area contributed by atoms with Gasteiger partial charge in [0.05, 0.1) is 17.9 Å². The molecule has 22 heavy (non-hydrogen) atoms. The first-order valence-corrected chi connectivity index (χ1v) is 7.37. The molecule has 8 nitrogen and oxygen atoms in total. The van der Waals surface area contributed by atoms with Crippen molar-refractivity contribution in [3.05, 3.63) is 23.2 Å². The van der Waals surface area contributed by atoms with Crippen LogP contribution < -0.4 is 21.5 Å². The van der Waals surface area contributed by atoms with Crippen molar-refractivity contribution in [3.63, 3.8) is 0 Å². The lowest BCUT2D eigenvalue weighted by Gasteiger charge is -2.08. The maximum Gasteiger partial charge on any atom is 0.234 e. The normalized spacial score (nSPS) is 10.3. The number of halogens is 1. The fraction of sp³-hybridized carbons (Fsp3) is 0.167. The van der Waals surface area contributed by atoms with Gasteiger partial charge in [-0.3, -0.25) is 4.79 Å². The van der Waals surface area contributed by atoms with E-state index in [4.69, 9.17) is 27.8 Å². The first-order chi connectivity index (χ1) is 10.5. The second kappa shape index (κ2) is 7.14. The summed E-state index contributed by atoms with van der Waals surface area (Å²) in [6, 6.07) is 4.95. The standard InChI is InChI=1S/C12H13ClN6O2S/c1-21-8-3-2-6(4-7(8)13)16-9(20)5-22-12-18-10(14)17-11(15)19-12/h2-4H,5H2,1H3,(H,16,20)(H4,14,15,17,18,19). The van der Waals surface area contributed by atoms with Gasteiger partial charge < -0.3 is 21.5 Å². The molecule has 0 atom stereocenters. The molecule has 0 aliphatic heterocycles. The third-order valence-electron chi connectivity index (χ3n) is 2.42. The SMILES string of the molecule is COc1ccc(NC(=O)CSc2nc(N)nc(N)n2)cc1Cl. The van der Waals surface area contributed by atoms with Crippen molar-refractivity contribution >= 4 is 46.9 Å². The summed E-state index contributed by atoms with van der Waals surface area (Å²) in [5, 5.41) is 3.39. The molecule has 0 saturated carbocycles. The lowest BCUT2D eigenvalue weighted by atomic mass is 10.3. The number of thioether (sulfide) groups is 1. The summed E-state index contributed by atoms with van der Waals surface area (Å²) in [6.45, 7) is 0. The fourth-order valence-electron chi connectivity index (χ4n) is 1.52. The third kappa shape index (κ3) is 4.37. The van der Waals surface area contributed by atoms with Gasteiger partial charge in [0.25, 0.3) is 0 Å². The van der Waals surface area contributed by atoms with Gasteiger partial charge in [0.2, 0.25) is 17.8 Å². The van der Waals surface area contributed by atoms with Crippen molar-refractivity contribution in [1.29, 1.82) is 0 Å². The molecule has 0 unspecified atom stereocenters. The molecule has 2 aromatic rings. The van der Waals surface area contributed by atoms with Crippen molar-refractivity contribution in [2.45, 2.75) is 5.16 Å². The maximum absolute atomic E-state index is 11.9. The van der Waals surface area contributed by atoms with E-state index in [1.807, 2.05) is 0 Å². The minimum atomic E-state index is -0.246. The number of nitrogens with zero attached hydrogens (tertiary/aromatic N) is 3. The van der Waals surface area contributed by atoms with Crippen LogP contribution >= 0.6 is 23.4 Å².